The van der Waals surface area contributed by atoms with Crippen LogP contribution in [0.25, 0.3) is 0 Å². The van der Waals surface area contributed by atoms with Gasteiger partial charge in [-0.1, -0.05) is 11.6 Å². The Balaban J connectivity index is 3.48. The van der Waals surface area contributed by atoms with Gasteiger partial charge in [0.05, 0.1) is 11.4 Å². The average Bonchev–Trinajstić information content (AvgIpc) is 2.10. The standard InChI is InChI=1S/C8H3Cl2F5/c9-2-3-5(10)1-4(8(13,14)15)7(12)6(3)11/h1H,2H2. The van der Waals surface area contributed by atoms with Gasteiger partial charge in [0.2, 0.25) is 0 Å². The van der Waals surface area contributed by atoms with Gasteiger partial charge in [0.25, 0.3) is 0 Å². The number of hydrogen-bond donors (Lipinski definition) is 0. The van der Waals surface area contributed by atoms with Crippen LogP contribution in [0.5, 0.6) is 0 Å². The van der Waals surface area contributed by atoms with Gasteiger partial charge < -0.3 is 0 Å². The molecule has 0 N–H and O–H groups in total. The largest absolute Gasteiger partial charge is 0.419 e. The van der Waals surface area contributed by atoms with Crippen molar-refractivity contribution >= 4 is 23.2 Å². The molecule has 7 heteroatoms. The topological polar surface area (TPSA) is 0 Å². The lowest BCUT2D eigenvalue weighted by atomic mass is 10.1. The molecule has 0 aliphatic heterocycles. The molecule has 1 aromatic rings. The molecule has 0 radical (unpaired) electrons. The molecule has 1 aromatic carbocycles. The van der Waals surface area contributed by atoms with E-state index < -0.39 is 39.8 Å². The van der Waals surface area contributed by atoms with Gasteiger partial charge in [-0.25, -0.2) is 8.78 Å². The van der Waals surface area contributed by atoms with Gasteiger partial charge in [-0.3, -0.25) is 0 Å². The van der Waals surface area contributed by atoms with Gasteiger partial charge in [-0.2, -0.15) is 13.2 Å². The fraction of sp³-hybridized carbons (Fsp3) is 0.250. The molecule has 84 valence electrons. The smallest absolute Gasteiger partial charge is 0.203 e. The van der Waals surface area contributed by atoms with Crippen LogP contribution >= 0.6 is 23.2 Å². The first-order valence-electron chi connectivity index (χ1n) is 3.58. The summed E-state index contributed by atoms with van der Waals surface area (Å²) in [6.07, 6.45) is -4.99. The maximum atomic E-state index is 13.0. The highest BCUT2D eigenvalue weighted by atomic mass is 35.5. The highest BCUT2D eigenvalue weighted by molar-refractivity contribution is 6.32. The summed E-state index contributed by atoms with van der Waals surface area (Å²) >= 11 is 10.5. The number of alkyl halides is 4. The molecule has 0 aromatic heterocycles. The predicted molar refractivity (Wildman–Crippen MR) is 45.9 cm³/mol. The summed E-state index contributed by atoms with van der Waals surface area (Å²) < 4.78 is 62.4. The third kappa shape index (κ3) is 2.34. The van der Waals surface area contributed by atoms with Gasteiger partial charge in [-0.15, -0.1) is 11.6 Å². The fourth-order valence-corrected chi connectivity index (χ4v) is 1.55. The van der Waals surface area contributed by atoms with Crippen LogP contribution in [0.3, 0.4) is 0 Å². The van der Waals surface area contributed by atoms with E-state index in [0.717, 1.165) is 0 Å². The minimum atomic E-state index is -4.99. The van der Waals surface area contributed by atoms with Crippen molar-refractivity contribution in [2.45, 2.75) is 12.1 Å². The minimum absolute atomic E-state index is 0.317. The highest BCUT2D eigenvalue weighted by Crippen LogP contribution is 2.36. The molecular formula is C8H3Cl2F5. The molecule has 0 fully saturated rings. The normalized spacial score (nSPS) is 11.9. The zero-order valence-corrected chi connectivity index (χ0v) is 8.44. The van der Waals surface area contributed by atoms with Crippen molar-refractivity contribution in [3.05, 3.63) is 33.9 Å². The average molecular weight is 265 g/mol. The molecule has 0 saturated heterocycles. The van der Waals surface area contributed by atoms with Gasteiger partial charge in [-0.05, 0) is 6.07 Å². The molecule has 0 aliphatic carbocycles. The number of hydrogen-bond acceptors (Lipinski definition) is 0. The molecule has 0 atom stereocenters. The monoisotopic (exact) mass is 264 g/mol. The summed E-state index contributed by atoms with van der Waals surface area (Å²) in [6, 6.07) is 0.317. The van der Waals surface area contributed by atoms with E-state index in [9.17, 15) is 22.0 Å². The Morgan fingerprint density at radius 3 is 2.07 bits per heavy atom. The Morgan fingerprint density at radius 1 is 1.13 bits per heavy atom. The molecule has 0 spiro atoms. The van der Waals surface area contributed by atoms with Gasteiger partial charge in [0.15, 0.2) is 11.6 Å². The quantitative estimate of drug-likeness (QED) is 0.401. The highest BCUT2D eigenvalue weighted by Gasteiger charge is 2.36. The molecule has 1 rings (SSSR count). The third-order valence-electron chi connectivity index (χ3n) is 1.69. The second kappa shape index (κ2) is 4.14. The first-order chi connectivity index (χ1) is 6.79. The molecule has 0 bridgehead atoms. The molecule has 0 aliphatic rings. The molecule has 15 heavy (non-hydrogen) atoms. The third-order valence-corrected chi connectivity index (χ3v) is 2.30. The minimum Gasteiger partial charge on any atom is -0.203 e. The van der Waals surface area contributed by atoms with Crippen LogP contribution in [0.4, 0.5) is 22.0 Å². The fourth-order valence-electron chi connectivity index (χ4n) is 0.962. The van der Waals surface area contributed by atoms with Crippen LogP contribution in [0.15, 0.2) is 6.07 Å². The summed E-state index contributed by atoms with van der Waals surface area (Å²) in [5, 5.41) is -0.545. The zero-order valence-electron chi connectivity index (χ0n) is 6.93. The molecule has 0 heterocycles. The van der Waals surface area contributed by atoms with E-state index in [1.165, 1.54) is 0 Å². The summed E-state index contributed by atoms with van der Waals surface area (Å²) in [4.78, 5) is 0. The Labute approximate surface area is 91.6 Å². The lowest BCUT2D eigenvalue weighted by Crippen LogP contribution is -2.11. The Kier molecular flexibility index (Phi) is 3.45. The maximum Gasteiger partial charge on any atom is 0.419 e. The predicted octanol–water partition coefficient (Wildman–Crippen LogP) is 4.38. The van der Waals surface area contributed by atoms with Crippen LogP contribution in [-0.4, -0.2) is 0 Å². The second-order valence-corrected chi connectivity index (χ2v) is 3.32. The van der Waals surface area contributed by atoms with Crippen molar-refractivity contribution in [2.24, 2.45) is 0 Å². The van der Waals surface area contributed by atoms with Gasteiger partial charge in [0.1, 0.15) is 0 Å². The Hall–Kier alpha value is -0.550. The number of benzene rings is 1. The first-order valence-corrected chi connectivity index (χ1v) is 4.49. The number of halogens is 7. The van der Waals surface area contributed by atoms with Crippen LogP contribution < -0.4 is 0 Å². The maximum absolute atomic E-state index is 13.0. The van der Waals surface area contributed by atoms with E-state index in [1.807, 2.05) is 0 Å². The van der Waals surface area contributed by atoms with Crippen LogP contribution in [0, 0.1) is 11.6 Å². The lowest BCUT2D eigenvalue weighted by Gasteiger charge is -2.11. The van der Waals surface area contributed by atoms with Crippen molar-refractivity contribution in [3.8, 4) is 0 Å². The molecule has 0 nitrogen and oxygen atoms in total. The Morgan fingerprint density at radius 2 is 1.67 bits per heavy atom. The van der Waals surface area contributed by atoms with Crippen molar-refractivity contribution in [2.75, 3.05) is 0 Å². The van der Waals surface area contributed by atoms with Crippen LogP contribution in [-0.2, 0) is 12.1 Å². The van der Waals surface area contributed by atoms with E-state index >= 15 is 0 Å². The van der Waals surface area contributed by atoms with Gasteiger partial charge in [0, 0.05) is 10.6 Å². The molecule has 0 amide bonds. The van der Waals surface area contributed by atoms with Crippen LogP contribution in [0.1, 0.15) is 11.1 Å². The van der Waals surface area contributed by atoms with E-state index in [2.05, 4.69) is 0 Å². The van der Waals surface area contributed by atoms with Crippen molar-refractivity contribution in [1.29, 1.82) is 0 Å². The lowest BCUT2D eigenvalue weighted by molar-refractivity contribution is -0.140. The van der Waals surface area contributed by atoms with E-state index in [0.29, 0.717) is 6.07 Å². The van der Waals surface area contributed by atoms with Crippen molar-refractivity contribution in [3.63, 3.8) is 0 Å². The number of rotatable bonds is 1. The van der Waals surface area contributed by atoms with E-state index in [4.69, 9.17) is 23.2 Å². The van der Waals surface area contributed by atoms with Crippen LogP contribution in [0.2, 0.25) is 5.02 Å². The van der Waals surface area contributed by atoms with E-state index in [1.54, 1.807) is 0 Å². The summed E-state index contributed by atoms with van der Waals surface area (Å²) in [5.74, 6) is -4.15. The second-order valence-electron chi connectivity index (χ2n) is 2.64. The zero-order chi connectivity index (χ0) is 11.8. The first kappa shape index (κ1) is 12.5. The molecule has 0 unspecified atom stereocenters. The SMILES string of the molecule is Fc1c(C(F)(F)F)cc(Cl)c(CCl)c1F. The summed E-state index contributed by atoms with van der Waals surface area (Å²) in [6.45, 7) is 0. The van der Waals surface area contributed by atoms with E-state index in [-0.39, 0.29) is 0 Å². The van der Waals surface area contributed by atoms with Gasteiger partial charge >= 0.3 is 6.18 Å². The molecular weight excluding hydrogens is 262 g/mol. The van der Waals surface area contributed by atoms with Crippen molar-refractivity contribution < 1.29 is 22.0 Å². The summed E-state index contributed by atoms with van der Waals surface area (Å²) in [5.41, 5.74) is -2.22. The Bertz CT molecular complexity index is 386. The summed E-state index contributed by atoms with van der Waals surface area (Å²) in [7, 11) is 0. The molecule has 0 saturated carbocycles. The van der Waals surface area contributed by atoms with Crippen molar-refractivity contribution in [1.82, 2.24) is 0 Å².